The Labute approximate surface area is 215 Å². The highest BCUT2D eigenvalue weighted by Crippen LogP contribution is 2.12. The molecule has 2 rings (SSSR count). The molecule has 0 radical (unpaired) electrons. The number of benzene rings is 1. The standard InChI is InChI=1S/C25H37N5O2.HI/c1-7-27-23(28-15-13-22-12-14-26-16-19(22)2)29-17-20-8-10-21(11-9-20)18-30(6)24(31)32-25(3,4)5;/h8-12,14,16H,7,13,15,17-18H2,1-6H3,(H2,27,28,29);1H. The third-order valence-electron chi connectivity index (χ3n) is 4.74. The number of rotatable bonds is 8. The lowest BCUT2D eigenvalue weighted by molar-refractivity contribution is 0.0285. The van der Waals surface area contributed by atoms with Crippen molar-refractivity contribution >= 4 is 36.0 Å². The first-order valence-corrected chi connectivity index (χ1v) is 11.1. The molecule has 0 bridgehead atoms. The number of aromatic nitrogens is 1. The van der Waals surface area contributed by atoms with E-state index in [9.17, 15) is 4.79 Å². The van der Waals surface area contributed by atoms with E-state index in [1.165, 1.54) is 11.1 Å². The van der Waals surface area contributed by atoms with Crippen LogP contribution in [0, 0.1) is 6.92 Å². The lowest BCUT2D eigenvalue weighted by Gasteiger charge is -2.24. The molecular formula is C25H38IN5O2. The first-order chi connectivity index (χ1) is 15.2. The molecule has 0 aliphatic heterocycles. The molecule has 0 spiro atoms. The molecule has 2 N–H and O–H groups in total. The Hall–Kier alpha value is -2.36. The normalized spacial score (nSPS) is 11.4. The number of halogens is 1. The third kappa shape index (κ3) is 10.9. The van der Waals surface area contributed by atoms with Crippen LogP contribution in [0.3, 0.4) is 0 Å². The summed E-state index contributed by atoms with van der Waals surface area (Å²) in [6, 6.07) is 10.2. The minimum atomic E-state index is -0.497. The van der Waals surface area contributed by atoms with Gasteiger partial charge in [-0.2, -0.15) is 0 Å². The van der Waals surface area contributed by atoms with Crippen LogP contribution in [0.15, 0.2) is 47.7 Å². The van der Waals surface area contributed by atoms with Gasteiger partial charge >= 0.3 is 6.09 Å². The number of hydrogen-bond acceptors (Lipinski definition) is 4. The largest absolute Gasteiger partial charge is 0.444 e. The molecule has 7 nitrogen and oxygen atoms in total. The Morgan fingerprint density at radius 2 is 1.79 bits per heavy atom. The lowest BCUT2D eigenvalue weighted by Crippen LogP contribution is -2.38. The van der Waals surface area contributed by atoms with Crippen molar-refractivity contribution < 1.29 is 9.53 Å². The minimum absolute atomic E-state index is 0. The number of carbonyl (C=O) groups excluding carboxylic acids is 1. The summed E-state index contributed by atoms with van der Waals surface area (Å²) in [6.45, 7) is 12.4. The predicted molar refractivity (Wildman–Crippen MR) is 145 cm³/mol. The second kappa shape index (κ2) is 14.0. The molecule has 1 heterocycles. The first kappa shape index (κ1) is 28.7. The van der Waals surface area contributed by atoms with Gasteiger partial charge in [0.25, 0.3) is 0 Å². The van der Waals surface area contributed by atoms with Gasteiger partial charge in [0, 0.05) is 39.1 Å². The van der Waals surface area contributed by atoms with Crippen molar-refractivity contribution in [2.24, 2.45) is 4.99 Å². The van der Waals surface area contributed by atoms with Crippen molar-refractivity contribution in [3.05, 3.63) is 65.0 Å². The number of aryl methyl sites for hydroxylation is 1. The van der Waals surface area contributed by atoms with E-state index in [2.05, 4.69) is 35.5 Å². The Kier molecular flexibility index (Phi) is 12.2. The second-order valence-electron chi connectivity index (χ2n) is 8.83. The highest BCUT2D eigenvalue weighted by atomic mass is 127. The fraction of sp³-hybridized carbons (Fsp3) is 0.480. The maximum absolute atomic E-state index is 12.1. The maximum atomic E-state index is 12.1. The summed E-state index contributed by atoms with van der Waals surface area (Å²) in [5, 5.41) is 6.69. The molecular weight excluding hydrogens is 529 g/mol. The predicted octanol–water partition coefficient (Wildman–Crippen LogP) is 4.67. The van der Waals surface area contributed by atoms with E-state index in [-0.39, 0.29) is 30.1 Å². The fourth-order valence-corrected chi connectivity index (χ4v) is 3.04. The van der Waals surface area contributed by atoms with Crippen LogP contribution in [0.4, 0.5) is 4.79 Å². The topological polar surface area (TPSA) is 78.9 Å². The van der Waals surface area contributed by atoms with Crippen molar-refractivity contribution in [2.45, 2.75) is 59.7 Å². The summed E-state index contributed by atoms with van der Waals surface area (Å²) in [5.74, 6) is 0.799. The van der Waals surface area contributed by atoms with Crippen LogP contribution in [0.1, 0.15) is 49.9 Å². The average Bonchev–Trinajstić information content (AvgIpc) is 2.73. The Morgan fingerprint density at radius 3 is 2.39 bits per heavy atom. The van der Waals surface area contributed by atoms with Crippen LogP contribution in [0.25, 0.3) is 0 Å². The summed E-state index contributed by atoms with van der Waals surface area (Å²) in [4.78, 5) is 22.5. The van der Waals surface area contributed by atoms with Crippen LogP contribution < -0.4 is 10.6 Å². The summed E-state index contributed by atoms with van der Waals surface area (Å²) in [5.41, 5.74) is 4.14. The number of amides is 1. The van der Waals surface area contributed by atoms with Gasteiger partial charge in [-0.05, 0) is 69.4 Å². The van der Waals surface area contributed by atoms with E-state index < -0.39 is 5.60 Å². The van der Waals surface area contributed by atoms with Crippen LogP contribution in [0.2, 0.25) is 0 Å². The van der Waals surface area contributed by atoms with Crippen LogP contribution in [0.5, 0.6) is 0 Å². The quantitative estimate of drug-likeness (QED) is 0.276. The smallest absolute Gasteiger partial charge is 0.410 e. The molecule has 1 amide bonds. The van der Waals surface area contributed by atoms with E-state index in [1.54, 1.807) is 11.9 Å². The third-order valence-corrected chi connectivity index (χ3v) is 4.74. The maximum Gasteiger partial charge on any atom is 0.410 e. The lowest BCUT2D eigenvalue weighted by atomic mass is 10.1. The molecule has 2 aromatic rings. The van der Waals surface area contributed by atoms with Gasteiger partial charge in [0.1, 0.15) is 5.60 Å². The SMILES string of the molecule is CCNC(=NCc1ccc(CN(C)C(=O)OC(C)(C)C)cc1)NCCc1ccncc1C.I. The average molecular weight is 568 g/mol. The molecule has 0 saturated heterocycles. The molecule has 1 aromatic carbocycles. The summed E-state index contributed by atoms with van der Waals surface area (Å²) in [6.07, 6.45) is 4.31. The Morgan fingerprint density at radius 1 is 1.12 bits per heavy atom. The number of pyridine rings is 1. The van der Waals surface area contributed by atoms with Gasteiger partial charge in [0.15, 0.2) is 5.96 Å². The van der Waals surface area contributed by atoms with E-state index >= 15 is 0 Å². The molecule has 0 saturated carbocycles. The van der Waals surface area contributed by atoms with E-state index in [4.69, 9.17) is 9.73 Å². The molecule has 33 heavy (non-hydrogen) atoms. The van der Waals surface area contributed by atoms with Gasteiger partial charge in [-0.1, -0.05) is 24.3 Å². The van der Waals surface area contributed by atoms with E-state index in [1.807, 2.05) is 57.4 Å². The van der Waals surface area contributed by atoms with Crippen molar-refractivity contribution in [2.75, 3.05) is 20.1 Å². The van der Waals surface area contributed by atoms with Gasteiger partial charge in [0.2, 0.25) is 0 Å². The molecule has 0 aliphatic carbocycles. The first-order valence-electron chi connectivity index (χ1n) is 11.1. The van der Waals surface area contributed by atoms with E-state index in [0.717, 1.165) is 36.6 Å². The number of nitrogens with one attached hydrogen (secondary N) is 2. The van der Waals surface area contributed by atoms with Gasteiger partial charge in [-0.3, -0.25) is 4.98 Å². The molecule has 0 unspecified atom stereocenters. The molecule has 8 heteroatoms. The summed E-state index contributed by atoms with van der Waals surface area (Å²) in [7, 11) is 1.74. The number of nitrogens with zero attached hydrogens (tertiary/aromatic N) is 3. The van der Waals surface area contributed by atoms with Crippen molar-refractivity contribution in [3.8, 4) is 0 Å². The molecule has 0 fully saturated rings. The van der Waals surface area contributed by atoms with Crippen LogP contribution >= 0.6 is 24.0 Å². The number of carbonyl (C=O) groups is 1. The molecule has 0 aliphatic rings. The second-order valence-corrected chi connectivity index (χ2v) is 8.83. The van der Waals surface area contributed by atoms with Crippen molar-refractivity contribution in [1.82, 2.24) is 20.5 Å². The number of hydrogen-bond donors (Lipinski definition) is 2. The zero-order valence-corrected chi connectivity index (χ0v) is 23.0. The Bertz CT molecular complexity index is 894. The highest BCUT2D eigenvalue weighted by molar-refractivity contribution is 14.0. The van der Waals surface area contributed by atoms with Crippen LogP contribution in [-0.4, -0.2) is 47.7 Å². The van der Waals surface area contributed by atoms with Crippen molar-refractivity contribution in [1.29, 1.82) is 0 Å². The Balaban J connectivity index is 0.00000544. The fourth-order valence-electron chi connectivity index (χ4n) is 3.04. The van der Waals surface area contributed by atoms with E-state index in [0.29, 0.717) is 13.1 Å². The summed E-state index contributed by atoms with van der Waals surface area (Å²) < 4.78 is 5.40. The van der Waals surface area contributed by atoms with Gasteiger partial charge in [-0.25, -0.2) is 9.79 Å². The number of guanidine groups is 1. The zero-order chi connectivity index (χ0) is 23.6. The van der Waals surface area contributed by atoms with Gasteiger partial charge < -0.3 is 20.3 Å². The summed E-state index contributed by atoms with van der Waals surface area (Å²) >= 11 is 0. The van der Waals surface area contributed by atoms with Gasteiger partial charge in [-0.15, -0.1) is 24.0 Å². The molecule has 182 valence electrons. The number of aliphatic imine (C=N–C) groups is 1. The van der Waals surface area contributed by atoms with Crippen molar-refractivity contribution in [3.63, 3.8) is 0 Å². The molecule has 1 aromatic heterocycles. The highest BCUT2D eigenvalue weighted by Gasteiger charge is 2.19. The monoisotopic (exact) mass is 567 g/mol. The van der Waals surface area contributed by atoms with Crippen LogP contribution in [-0.2, 0) is 24.2 Å². The van der Waals surface area contributed by atoms with Gasteiger partial charge in [0.05, 0.1) is 6.54 Å². The zero-order valence-electron chi connectivity index (χ0n) is 20.6. The number of ether oxygens (including phenoxy) is 1. The minimum Gasteiger partial charge on any atom is -0.444 e. The molecule has 0 atom stereocenters.